The molecule has 0 spiro atoms. The van der Waals surface area contributed by atoms with Gasteiger partial charge in [-0.2, -0.15) is 4.98 Å². The quantitative estimate of drug-likeness (QED) is 0.899. The first-order valence-corrected chi connectivity index (χ1v) is 8.00. The molecule has 3 rings (SSSR count). The van der Waals surface area contributed by atoms with E-state index in [1.54, 1.807) is 6.07 Å². The predicted molar refractivity (Wildman–Crippen MR) is 88.1 cm³/mol. The van der Waals surface area contributed by atoms with Gasteiger partial charge in [0.1, 0.15) is 0 Å². The van der Waals surface area contributed by atoms with Gasteiger partial charge in [0.15, 0.2) is 0 Å². The Kier molecular flexibility index (Phi) is 4.68. The van der Waals surface area contributed by atoms with Crippen LogP contribution in [0.3, 0.4) is 0 Å². The summed E-state index contributed by atoms with van der Waals surface area (Å²) in [6.45, 7) is 2.61. The first kappa shape index (κ1) is 16.4. The first-order chi connectivity index (χ1) is 11.0. The highest BCUT2D eigenvalue weighted by atomic mass is 35.5. The van der Waals surface area contributed by atoms with Gasteiger partial charge in [-0.3, -0.25) is 4.90 Å². The van der Waals surface area contributed by atoms with E-state index in [9.17, 15) is 5.11 Å². The fourth-order valence-corrected chi connectivity index (χ4v) is 3.28. The third-order valence-electron chi connectivity index (χ3n) is 3.96. The molecule has 124 valence electrons. The number of likely N-dealkylation sites (N-methyl/N-ethyl adjacent to an activating group) is 1. The van der Waals surface area contributed by atoms with Crippen LogP contribution in [-0.2, 0) is 6.54 Å². The van der Waals surface area contributed by atoms with Gasteiger partial charge in [-0.25, -0.2) is 0 Å². The lowest BCUT2D eigenvalue weighted by molar-refractivity contribution is 0.0232. The Morgan fingerprint density at radius 3 is 2.91 bits per heavy atom. The first-order valence-electron chi connectivity index (χ1n) is 7.62. The van der Waals surface area contributed by atoms with E-state index < -0.39 is 5.60 Å². The fourth-order valence-electron chi connectivity index (χ4n) is 3.06. The molecule has 7 heteroatoms. The van der Waals surface area contributed by atoms with E-state index >= 15 is 0 Å². The Morgan fingerprint density at radius 1 is 1.39 bits per heavy atom. The van der Waals surface area contributed by atoms with Gasteiger partial charge in [-0.1, -0.05) is 28.9 Å². The van der Waals surface area contributed by atoms with Crippen molar-refractivity contribution in [1.29, 1.82) is 0 Å². The molecule has 1 fully saturated rings. The van der Waals surface area contributed by atoms with E-state index in [-0.39, 0.29) is 0 Å². The number of hydrogen-bond acceptors (Lipinski definition) is 6. The van der Waals surface area contributed by atoms with Crippen molar-refractivity contribution in [3.05, 3.63) is 35.2 Å². The second-order valence-electron chi connectivity index (χ2n) is 6.41. The van der Waals surface area contributed by atoms with Crippen molar-refractivity contribution in [3.63, 3.8) is 0 Å². The topological polar surface area (TPSA) is 65.6 Å². The molecule has 0 saturated carbocycles. The molecule has 6 nitrogen and oxygen atoms in total. The van der Waals surface area contributed by atoms with Gasteiger partial charge in [-0.05, 0) is 32.6 Å². The van der Waals surface area contributed by atoms with E-state index in [0.29, 0.717) is 36.4 Å². The monoisotopic (exact) mass is 336 g/mol. The van der Waals surface area contributed by atoms with E-state index in [4.69, 9.17) is 16.1 Å². The van der Waals surface area contributed by atoms with Crippen LogP contribution in [0.2, 0.25) is 5.02 Å². The minimum Gasteiger partial charge on any atom is -0.387 e. The summed E-state index contributed by atoms with van der Waals surface area (Å²) in [6.07, 6.45) is 0.747. The molecule has 1 aromatic carbocycles. The lowest BCUT2D eigenvalue weighted by Crippen LogP contribution is -2.42. The van der Waals surface area contributed by atoms with Crippen molar-refractivity contribution in [3.8, 4) is 11.4 Å². The number of hydrogen-bond donors (Lipinski definition) is 1. The zero-order valence-electron chi connectivity index (χ0n) is 13.4. The molecule has 1 atom stereocenters. The summed E-state index contributed by atoms with van der Waals surface area (Å²) in [5, 5.41) is 15.2. The maximum absolute atomic E-state index is 10.6. The third kappa shape index (κ3) is 3.90. The molecule has 0 amide bonds. The Hall–Kier alpha value is -1.47. The summed E-state index contributed by atoms with van der Waals surface area (Å²) in [5.41, 5.74) is 0.0874. The zero-order chi connectivity index (χ0) is 16.4. The maximum atomic E-state index is 10.6. The zero-order valence-corrected chi connectivity index (χ0v) is 14.1. The highest BCUT2D eigenvalue weighted by Crippen LogP contribution is 2.26. The highest BCUT2D eigenvalue weighted by Gasteiger charge is 2.36. The molecule has 2 aromatic rings. The Labute approximate surface area is 140 Å². The summed E-state index contributed by atoms with van der Waals surface area (Å²) in [4.78, 5) is 8.56. The van der Waals surface area contributed by atoms with Gasteiger partial charge < -0.3 is 14.5 Å². The molecule has 1 aliphatic heterocycles. The SMILES string of the molecule is CN(C)CC1(O)CCN(Cc2nc(-c3ccccc3Cl)no2)C1. The molecule has 1 aliphatic rings. The number of benzene rings is 1. The van der Waals surface area contributed by atoms with Crippen molar-refractivity contribution < 1.29 is 9.63 Å². The van der Waals surface area contributed by atoms with Gasteiger partial charge in [0, 0.05) is 25.2 Å². The fraction of sp³-hybridized carbons (Fsp3) is 0.500. The normalized spacial score (nSPS) is 22.1. The highest BCUT2D eigenvalue weighted by molar-refractivity contribution is 6.33. The van der Waals surface area contributed by atoms with Gasteiger partial charge in [-0.15, -0.1) is 0 Å². The van der Waals surface area contributed by atoms with Crippen LogP contribution in [0.15, 0.2) is 28.8 Å². The number of halogens is 1. The van der Waals surface area contributed by atoms with Crippen molar-refractivity contribution in [2.24, 2.45) is 0 Å². The van der Waals surface area contributed by atoms with Crippen molar-refractivity contribution in [2.45, 2.75) is 18.6 Å². The molecular formula is C16H21ClN4O2. The number of aromatic nitrogens is 2. The van der Waals surface area contributed by atoms with Crippen LogP contribution in [-0.4, -0.2) is 64.4 Å². The lowest BCUT2D eigenvalue weighted by Gasteiger charge is -2.26. The van der Waals surface area contributed by atoms with Crippen molar-refractivity contribution in [2.75, 3.05) is 33.7 Å². The van der Waals surface area contributed by atoms with E-state index in [1.807, 2.05) is 37.2 Å². The van der Waals surface area contributed by atoms with Crippen LogP contribution in [0.4, 0.5) is 0 Å². The molecular weight excluding hydrogens is 316 g/mol. The van der Waals surface area contributed by atoms with Crippen LogP contribution < -0.4 is 0 Å². The van der Waals surface area contributed by atoms with Crippen LogP contribution >= 0.6 is 11.6 Å². The minimum absolute atomic E-state index is 0.494. The average molecular weight is 337 g/mol. The number of likely N-dealkylation sites (tertiary alicyclic amines) is 1. The second kappa shape index (κ2) is 6.57. The van der Waals surface area contributed by atoms with E-state index in [0.717, 1.165) is 18.5 Å². The average Bonchev–Trinajstić information content (AvgIpc) is 3.06. The molecule has 1 saturated heterocycles. The second-order valence-corrected chi connectivity index (χ2v) is 6.82. The summed E-state index contributed by atoms with van der Waals surface area (Å²) >= 11 is 6.15. The van der Waals surface area contributed by atoms with E-state index in [1.165, 1.54) is 0 Å². The molecule has 1 aromatic heterocycles. The summed E-state index contributed by atoms with van der Waals surface area (Å²) in [5.74, 6) is 1.03. The van der Waals surface area contributed by atoms with Gasteiger partial charge in [0.25, 0.3) is 0 Å². The molecule has 1 N–H and O–H groups in total. The minimum atomic E-state index is -0.672. The lowest BCUT2D eigenvalue weighted by atomic mass is 10.0. The Bertz CT molecular complexity index is 676. The third-order valence-corrected chi connectivity index (χ3v) is 4.29. The summed E-state index contributed by atoms with van der Waals surface area (Å²) < 4.78 is 5.33. The maximum Gasteiger partial charge on any atom is 0.241 e. The summed E-state index contributed by atoms with van der Waals surface area (Å²) in [7, 11) is 3.93. The van der Waals surface area contributed by atoms with Crippen LogP contribution in [0.5, 0.6) is 0 Å². The number of β-amino-alcohol motifs (C(OH)–C–C–N with tert-alkyl or cyclic N) is 1. The van der Waals surface area contributed by atoms with Gasteiger partial charge in [0.05, 0.1) is 17.2 Å². The number of aliphatic hydroxyl groups is 1. The molecule has 2 heterocycles. The van der Waals surface area contributed by atoms with Crippen molar-refractivity contribution in [1.82, 2.24) is 19.9 Å². The Morgan fingerprint density at radius 2 is 2.17 bits per heavy atom. The molecule has 0 radical (unpaired) electrons. The number of nitrogens with zero attached hydrogens (tertiary/aromatic N) is 4. The largest absolute Gasteiger partial charge is 0.387 e. The van der Waals surface area contributed by atoms with Gasteiger partial charge >= 0.3 is 0 Å². The smallest absolute Gasteiger partial charge is 0.241 e. The van der Waals surface area contributed by atoms with Crippen molar-refractivity contribution >= 4 is 11.6 Å². The standard InChI is InChI=1S/C16H21ClN4O2/c1-20(2)10-16(22)7-8-21(11-16)9-14-18-15(19-23-14)12-5-3-4-6-13(12)17/h3-6,22H,7-11H2,1-2H3. The van der Waals surface area contributed by atoms with Crippen LogP contribution in [0.25, 0.3) is 11.4 Å². The molecule has 23 heavy (non-hydrogen) atoms. The Balaban J connectivity index is 1.65. The van der Waals surface area contributed by atoms with Crippen LogP contribution in [0, 0.1) is 0 Å². The van der Waals surface area contributed by atoms with Crippen LogP contribution in [0.1, 0.15) is 12.3 Å². The molecule has 1 unspecified atom stereocenters. The number of rotatable bonds is 5. The van der Waals surface area contributed by atoms with E-state index in [2.05, 4.69) is 15.0 Å². The predicted octanol–water partition coefficient (Wildman–Crippen LogP) is 1.89. The summed E-state index contributed by atoms with van der Waals surface area (Å²) in [6, 6.07) is 7.42. The molecule has 0 bridgehead atoms. The molecule has 0 aliphatic carbocycles. The van der Waals surface area contributed by atoms with Gasteiger partial charge in [0.2, 0.25) is 11.7 Å².